The first kappa shape index (κ1) is 16.8. The number of benzene rings is 1. The van der Waals surface area contributed by atoms with Crippen LogP contribution in [0.15, 0.2) is 24.3 Å². The second kappa shape index (κ2) is 7.21. The summed E-state index contributed by atoms with van der Waals surface area (Å²) in [5.74, 6) is -0.00758. The molecule has 0 saturated carbocycles. The van der Waals surface area contributed by atoms with Crippen LogP contribution >= 0.6 is 0 Å². The van der Waals surface area contributed by atoms with E-state index in [1.807, 2.05) is 32.0 Å². The summed E-state index contributed by atoms with van der Waals surface area (Å²) in [7, 11) is 0. The maximum absolute atomic E-state index is 13.0. The standard InChI is InChI=1S/C18H25N3O3/c1-13(2)16(19-18(23)20-9-11-24-12-10-20)17(22)21-8-7-14-5-3-4-6-15(14)21/h3-6,13,16H,7-12H2,1-2H3,(H,19,23)/t16-/m1/s1. The Kier molecular flexibility index (Phi) is 5.04. The number of carbonyl (C=O) groups is 2. The lowest BCUT2D eigenvalue weighted by Crippen LogP contribution is -2.55. The van der Waals surface area contributed by atoms with Crippen LogP contribution < -0.4 is 10.2 Å². The molecule has 3 rings (SSSR count). The fourth-order valence-electron chi connectivity index (χ4n) is 3.24. The Hall–Kier alpha value is -2.08. The molecule has 24 heavy (non-hydrogen) atoms. The monoisotopic (exact) mass is 331 g/mol. The quantitative estimate of drug-likeness (QED) is 0.916. The Labute approximate surface area is 142 Å². The first-order valence-electron chi connectivity index (χ1n) is 8.60. The number of rotatable bonds is 3. The maximum Gasteiger partial charge on any atom is 0.318 e. The molecule has 1 atom stereocenters. The molecule has 0 aromatic heterocycles. The molecule has 1 aromatic rings. The first-order valence-corrected chi connectivity index (χ1v) is 8.60. The number of morpholine rings is 1. The van der Waals surface area contributed by atoms with E-state index in [1.54, 1.807) is 9.80 Å². The van der Waals surface area contributed by atoms with Crippen molar-refractivity contribution in [2.45, 2.75) is 26.3 Å². The van der Waals surface area contributed by atoms with E-state index in [1.165, 1.54) is 5.56 Å². The topological polar surface area (TPSA) is 61.9 Å². The lowest BCUT2D eigenvalue weighted by Gasteiger charge is -2.32. The molecule has 2 aliphatic heterocycles. The minimum Gasteiger partial charge on any atom is -0.378 e. The minimum atomic E-state index is -0.522. The number of anilines is 1. The number of fused-ring (bicyclic) bond motifs is 1. The van der Waals surface area contributed by atoms with Crippen molar-refractivity contribution in [1.82, 2.24) is 10.2 Å². The van der Waals surface area contributed by atoms with E-state index in [9.17, 15) is 9.59 Å². The van der Waals surface area contributed by atoms with Crippen molar-refractivity contribution in [2.75, 3.05) is 37.7 Å². The molecule has 2 heterocycles. The number of amides is 3. The third kappa shape index (κ3) is 3.38. The Morgan fingerprint density at radius 1 is 1.12 bits per heavy atom. The smallest absolute Gasteiger partial charge is 0.318 e. The van der Waals surface area contributed by atoms with Crippen molar-refractivity contribution in [3.63, 3.8) is 0 Å². The van der Waals surface area contributed by atoms with Crippen molar-refractivity contribution in [3.8, 4) is 0 Å². The Morgan fingerprint density at radius 3 is 2.54 bits per heavy atom. The summed E-state index contributed by atoms with van der Waals surface area (Å²) in [5.41, 5.74) is 2.15. The highest BCUT2D eigenvalue weighted by Gasteiger charge is 2.33. The van der Waals surface area contributed by atoms with Gasteiger partial charge in [-0.3, -0.25) is 4.79 Å². The van der Waals surface area contributed by atoms with Gasteiger partial charge in [-0.1, -0.05) is 32.0 Å². The van der Waals surface area contributed by atoms with E-state index < -0.39 is 6.04 Å². The van der Waals surface area contributed by atoms with Gasteiger partial charge in [-0.25, -0.2) is 4.79 Å². The number of hydrogen-bond donors (Lipinski definition) is 1. The number of ether oxygens (including phenoxy) is 1. The van der Waals surface area contributed by atoms with E-state index in [-0.39, 0.29) is 17.9 Å². The lowest BCUT2D eigenvalue weighted by molar-refractivity contribution is -0.121. The van der Waals surface area contributed by atoms with Crippen molar-refractivity contribution in [2.24, 2.45) is 5.92 Å². The van der Waals surface area contributed by atoms with E-state index >= 15 is 0 Å². The average molecular weight is 331 g/mol. The van der Waals surface area contributed by atoms with Crippen molar-refractivity contribution < 1.29 is 14.3 Å². The lowest BCUT2D eigenvalue weighted by atomic mass is 10.0. The molecule has 0 bridgehead atoms. The van der Waals surface area contributed by atoms with E-state index in [2.05, 4.69) is 11.4 Å². The van der Waals surface area contributed by atoms with Crippen LogP contribution in [0.25, 0.3) is 0 Å². The van der Waals surface area contributed by atoms with Gasteiger partial charge in [0.1, 0.15) is 6.04 Å². The molecule has 0 unspecified atom stereocenters. The summed E-state index contributed by atoms with van der Waals surface area (Å²) in [6.45, 7) is 6.83. The predicted octanol–water partition coefficient (Wildman–Crippen LogP) is 1.64. The predicted molar refractivity (Wildman–Crippen MR) is 92.0 cm³/mol. The largest absolute Gasteiger partial charge is 0.378 e. The molecule has 2 aliphatic rings. The highest BCUT2D eigenvalue weighted by molar-refractivity contribution is 6.00. The summed E-state index contributed by atoms with van der Waals surface area (Å²) in [4.78, 5) is 29.0. The van der Waals surface area contributed by atoms with Crippen molar-refractivity contribution in [1.29, 1.82) is 0 Å². The van der Waals surface area contributed by atoms with Gasteiger partial charge in [0, 0.05) is 25.3 Å². The van der Waals surface area contributed by atoms with Crippen LogP contribution in [-0.4, -0.2) is 55.7 Å². The summed E-state index contributed by atoms with van der Waals surface area (Å²) >= 11 is 0. The highest BCUT2D eigenvalue weighted by Crippen LogP contribution is 2.28. The molecule has 1 aromatic carbocycles. The van der Waals surface area contributed by atoms with Gasteiger partial charge in [0.2, 0.25) is 5.91 Å². The van der Waals surface area contributed by atoms with Gasteiger partial charge in [0.05, 0.1) is 13.2 Å². The van der Waals surface area contributed by atoms with Gasteiger partial charge in [0.25, 0.3) is 0 Å². The molecular formula is C18H25N3O3. The van der Waals surface area contributed by atoms with Gasteiger partial charge < -0.3 is 19.9 Å². The first-order chi connectivity index (χ1) is 11.6. The summed E-state index contributed by atoms with van der Waals surface area (Å²) in [5, 5.41) is 2.93. The molecule has 6 heteroatoms. The van der Waals surface area contributed by atoms with Crippen molar-refractivity contribution >= 4 is 17.6 Å². The summed E-state index contributed by atoms with van der Waals surface area (Å²) in [6.07, 6.45) is 0.865. The minimum absolute atomic E-state index is 0.0234. The number of carbonyl (C=O) groups excluding carboxylic acids is 2. The number of nitrogens with zero attached hydrogens (tertiary/aromatic N) is 2. The number of urea groups is 1. The van der Waals surface area contributed by atoms with Gasteiger partial charge in [-0.05, 0) is 24.0 Å². The summed E-state index contributed by atoms with van der Waals surface area (Å²) < 4.78 is 5.27. The highest BCUT2D eigenvalue weighted by atomic mass is 16.5. The van der Waals surface area contributed by atoms with E-state index in [0.717, 1.165) is 12.1 Å². The normalized spacial score (nSPS) is 18.5. The van der Waals surface area contributed by atoms with Gasteiger partial charge in [-0.15, -0.1) is 0 Å². The van der Waals surface area contributed by atoms with E-state index in [4.69, 9.17) is 4.74 Å². The SMILES string of the molecule is CC(C)[C@@H](NC(=O)N1CCOCC1)C(=O)N1CCc2ccccc21. The molecular weight excluding hydrogens is 306 g/mol. The van der Waals surface area contributed by atoms with Crippen molar-refractivity contribution in [3.05, 3.63) is 29.8 Å². The molecule has 130 valence electrons. The third-order valence-corrected chi connectivity index (χ3v) is 4.66. The average Bonchev–Trinajstić information content (AvgIpc) is 3.03. The Bertz CT molecular complexity index is 611. The van der Waals surface area contributed by atoms with Crippen LogP contribution in [0.1, 0.15) is 19.4 Å². The molecule has 1 saturated heterocycles. The fourth-order valence-corrected chi connectivity index (χ4v) is 3.24. The molecule has 1 fully saturated rings. The maximum atomic E-state index is 13.0. The second-order valence-corrected chi connectivity index (χ2v) is 6.64. The number of hydrogen-bond acceptors (Lipinski definition) is 3. The summed E-state index contributed by atoms with van der Waals surface area (Å²) in [6, 6.07) is 7.26. The molecule has 0 radical (unpaired) electrons. The zero-order valence-corrected chi connectivity index (χ0v) is 14.3. The number of para-hydroxylation sites is 1. The van der Waals surface area contributed by atoms with Crippen LogP contribution in [0, 0.1) is 5.92 Å². The fraction of sp³-hybridized carbons (Fsp3) is 0.556. The van der Waals surface area contributed by atoms with Gasteiger partial charge in [-0.2, -0.15) is 0 Å². The zero-order valence-electron chi connectivity index (χ0n) is 14.3. The Morgan fingerprint density at radius 2 is 1.83 bits per heavy atom. The van der Waals surface area contributed by atoms with Crippen LogP contribution in [0.5, 0.6) is 0 Å². The molecule has 0 aliphatic carbocycles. The van der Waals surface area contributed by atoms with Gasteiger partial charge >= 0.3 is 6.03 Å². The Balaban J connectivity index is 1.71. The third-order valence-electron chi connectivity index (χ3n) is 4.66. The van der Waals surface area contributed by atoms with Gasteiger partial charge in [0.15, 0.2) is 0 Å². The molecule has 6 nitrogen and oxygen atoms in total. The van der Waals surface area contributed by atoms with Crippen LogP contribution in [0.2, 0.25) is 0 Å². The van der Waals surface area contributed by atoms with Crippen LogP contribution in [0.4, 0.5) is 10.5 Å². The number of nitrogens with one attached hydrogen (secondary N) is 1. The van der Waals surface area contributed by atoms with Crippen LogP contribution in [-0.2, 0) is 16.0 Å². The van der Waals surface area contributed by atoms with E-state index in [0.29, 0.717) is 32.8 Å². The molecule has 3 amide bonds. The second-order valence-electron chi connectivity index (χ2n) is 6.64. The van der Waals surface area contributed by atoms with Crippen LogP contribution in [0.3, 0.4) is 0 Å². The molecule has 0 spiro atoms. The molecule has 1 N–H and O–H groups in total. The zero-order chi connectivity index (χ0) is 17.1.